The van der Waals surface area contributed by atoms with E-state index in [9.17, 15) is 0 Å². The SMILES string of the molecule is CC1NC(C#Cc2cnc(N3CCSCC3)nc2)=CS1. The highest BCUT2D eigenvalue weighted by Crippen LogP contribution is 2.19. The first-order chi connectivity index (χ1) is 9.81. The molecule has 1 atom stereocenters. The Morgan fingerprint density at radius 2 is 2.00 bits per heavy atom. The molecule has 3 rings (SSSR count). The lowest BCUT2D eigenvalue weighted by Crippen LogP contribution is -2.33. The molecule has 0 aromatic carbocycles. The van der Waals surface area contributed by atoms with Crippen LogP contribution in [0.2, 0.25) is 0 Å². The molecule has 1 saturated heterocycles. The molecule has 1 aromatic heterocycles. The number of anilines is 1. The van der Waals surface area contributed by atoms with Crippen molar-refractivity contribution in [2.45, 2.75) is 12.3 Å². The predicted octanol–water partition coefficient (Wildman–Crippen LogP) is 1.91. The molecule has 1 unspecified atom stereocenters. The van der Waals surface area contributed by atoms with Crippen LogP contribution in [0.1, 0.15) is 12.5 Å². The highest BCUT2D eigenvalue weighted by Gasteiger charge is 2.13. The number of rotatable bonds is 1. The second kappa shape index (κ2) is 6.42. The summed E-state index contributed by atoms with van der Waals surface area (Å²) >= 11 is 3.73. The van der Waals surface area contributed by atoms with Gasteiger partial charge in [0.1, 0.15) is 0 Å². The molecule has 0 aliphatic carbocycles. The highest BCUT2D eigenvalue weighted by molar-refractivity contribution is 8.02. The van der Waals surface area contributed by atoms with Crippen molar-refractivity contribution in [2.24, 2.45) is 0 Å². The van der Waals surface area contributed by atoms with E-state index in [0.717, 1.165) is 41.8 Å². The number of hydrogen-bond acceptors (Lipinski definition) is 6. The lowest BCUT2D eigenvalue weighted by molar-refractivity contribution is 0.814. The van der Waals surface area contributed by atoms with E-state index >= 15 is 0 Å². The zero-order valence-corrected chi connectivity index (χ0v) is 12.9. The maximum absolute atomic E-state index is 4.42. The Labute approximate surface area is 127 Å². The number of hydrogen-bond donors (Lipinski definition) is 1. The van der Waals surface area contributed by atoms with Crippen molar-refractivity contribution in [3.63, 3.8) is 0 Å². The minimum absolute atomic E-state index is 0.412. The molecule has 0 amide bonds. The summed E-state index contributed by atoms with van der Waals surface area (Å²) in [5.41, 5.74) is 1.83. The molecule has 0 saturated carbocycles. The summed E-state index contributed by atoms with van der Waals surface area (Å²) in [5.74, 6) is 9.33. The van der Waals surface area contributed by atoms with Crippen molar-refractivity contribution < 1.29 is 0 Å². The van der Waals surface area contributed by atoms with Crippen molar-refractivity contribution in [1.29, 1.82) is 0 Å². The third-order valence-electron chi connectivity index (χ3n) is 3.02. The molecule has 20 heavy (non-hydrogen) atoms. The first-order valence-corrected chi connectivity index (χ1v) is 8.70. The zero-order chi connectivity index (χ0) is 13.8. The van der Waals surface area contributed by atoms with Gasteiger partial charge >= 0.3 is 0 Å². The molecule has 104 valence electrons. The molecule has 4 nitrogen and oxygen atoms in total. The van der Waals surface area contributed by atoms with Crippen molar-refractivity contribution in [2.75, 3.05) is 29.5 Å². The summed E-state index contributed by atoms with van der Waals surface area (Å²) in [7, 11) is 0. The Bertz CT molecular complexity index is 553. The van der Waals surface area contributed by atoms with Gasteiger partial charge in [-0.2, -0.15) is 11.8 Å². The van der Waals surface area contributed by atoms with Crippen LogP contribution in [0.3, 0.4) is 0 Å². The van der Waals surface area contributed by atoms with Crippen LogP contribution < -0.4 is 10.2 Å². The smallest absolute Gasteiger partial charge is 0.225 e. The third kappa shape index (κ3) is 3.41. The number of allylic oxidation sites excluding steroid dienone is 1. The number of aromatic nitrogens is 2. The van der Waals surface area contributed by atoms with E-state index in [4.69, 9.17) is 0 Å². The van der Waals surface area contributed by atoms with Crippen LogP contribution in [-0.2, 0) is 0 Å². The van der Waals surface area contributed by atoms with Crippen molar-refractivity contribution in [1.82, 2.24) is 15.3 Å². The second-order valence-electron chi connectivity index (χ2n) is 4.58. The van der Waals surface area contributed by atoms with Crippen LogP contribution in [-0.4, -0.2) is 39.9 Å². The van der Waals surface area contributed by atoms with Crippen LogP contribution in [0.4, 0.5) is 5.95 Å². The van der Waals surface area contributed by atoms with Crippen LogP contribution in [0.15, 0.2) is 23.5 Å². The maximum Gasteiger partial charge on any atom is 0.225 e. The molecule has 1 aromatic rings. The van der Waals surface area contributed by atoms with Crippen LogP contribution in [0.25, 0.3) is 0 Å². The minimum atomic E-state index is 0.412. The topological polar surface area (TPSA) is 41.1 Å². The average Bonchev–Trinajstić information content (AvgIpc) is 2.92. The van der Waals surface area contributed by atoms with Gasteiger partial charge in [0.05, 0.1) is 16.6 Å². The fourth-order valence-corrected chi connectivity index (χ4v) is 3.54. The summed E-state index contributed by atoms with van der Waals surface area (Å²) < 4.78 is 0. The van der Waals surface area contributed by atoms with Gasteiger partial charge in [-0.05, 0) is 12.8 Å². The number of nitrogens with zero attached hydrogens (tertiary/aromatic N) is 3. The van der Waals surface area contributed by atoms with Gasteiger partial charge in [0, 0.05) is 42.4 Å². The van der Waals surface area contributed by atoms with Gasteiger partial charge in [0.2, 0.25) is 5.95 Å². The summed E-state index contributed by atoms with van der Waals surface area (Å²) in [6.07, 6.45) is 3.62. The van der Waals surface area contributed by atoms with Crippen LogP contribution in [0.5, 0.6) is 0 Å². The molecule has 2 aliphatic rings. The Morgan fingerprint density at radius 3 is 2.65 bits per heavy atom. The second-order valence-corrected chi connectivity index (χ2v) is 7.02. The van der Waals surface area contributed by atoms with E-state index in [1.807, 2.05) is 24.2 Å². The fraction of sp³-hybridized carbons (Fsp3) is 0.429. The Hall–Kier alpha value is -1.32. The summed E-state index contributed by atoms with van der Waals surface area (Å²) in [4.78, 5) is 11.1. The van der Waals surface area contributed by atoms with Crippen molar-refractivity contribution in [3.8, 4) is 11.8 Å². The van der Waals surface area contributed by atoms with Crippen LogP contribution >= 0.6 is 23.5 Å². The molecular weight excluding hydrogens is 288 g/mol. The molecule has 6 heteroatoms. The van der Waals surface area contributed by atoms with Gasteiger partial charge in [0.25, 0.3) is 0 Å². The molecule has 0 bridgehead atoms. The van der Waals surface area contributed by atoms with Gasteiger partial charge < -0.3 is 10.2 Å². The fourth-order valence-electron chi connectivity index (χ4n) is 1.97. The monoisotopic (exact) mass is 304 g/mol. The molecular formula is C14H16N4S2. The van der Waals surface area contributed by atoms with Crippen molar-refractivity contribution >= 4 is 29.5 Å². The molecule has 3 heterocycles. The Morgan fingerprint density at radius 1 is 1.25 bits per heavy atom. The third-order valence-corrected chi connectivity index (χ3v) is 4.86. The zero-order valence-electron chi connectivity index (χ0n) is 11.3. The van der Waals surface area contributed by atoms with Gasteiger partial charge in [0.15, 0.2) is 0 Å². The first kappa shape index (κ1) is 13.7. The van der Waals surface area contributed by atoms with Gasteiger partial charge in [-0.3, -0.25) is 0 Å². The predicted molar refractivity (Wildman–Crippen MR) is 86.7 cm³/mol. The largest absolute Gasteiger partial charge is 0.366 e. The standard InChI is InChI=1S/C14H16N4S2/c1-11-17-13(10-20-11)3-2-12-8-15-14(16-9-12)18-4-6-19-7-5-18/h8-11,17H,4-7H2,1H3. The summed E-state index contributed by atoms with van der Waals surface area (Å²) in [5, 5.41) is 5.75. The van der Waals surface area contributed by atoms with E-state index in [2.05, 4.69) is 44.4 Å². The van der Waals surface area contributed by atoms with E-state index in [0.29, 0.717) is 5.37 Å². The van der Waals surface area contributed by atoms with E-state index < -0.39 is 0 Å². The maximum atomic E-state index is 4.42. The van der Waals surface area contributed by atoms with E-state index in [1.165, 1.54) is 0 Å². The summed E-state index contributed by atoms with van der Waals surface area (Å²) in [6, 6.07) is 0. The lowest BCUT2D eigenvalue weighted by atomic mass is 10.3. The Kier molecular flexibility index (Phi) is 4.38. The van der Waals surface area contributed by atoms with Gasteiger partial charge in [-0.15, -0.1) is 11.8 Å². The van der Waals surface area contributed by atoms with Gasteiger partial charge in [-0.1, -0.05) is 5.92 Å². The first-order valence-electron chi connectivity index (χ1n) is 6.60. The average molecular weight is 304 g/mol. The van der Waals surface area contributed by atoms with Crippen LogP contribution in [0, 0.1) is 11.8 Å². The normalized spacial score (nSPS) is 21.8. The molecule has 1 N–H and O–H groups in total. The molecule has 0 spiro atoms. The molecule has 0 radical (unpaired) electrons. The van der Waals surface area contributed by atoms with E-state index in [-0.39, 0.29) is 0 Å². The lowest BCUT2D eigenvalue weighted by Gasteiger charge is -2.25. The number of thioether (sulfide) groups is 2. The molecule has 2 aliphatic heterocycles. The minimum Gasteiger partial charge on any atom is -0.366 e. The Balaban J connectivity index is 1.65. The molecule has 1 fully saturated rings. The van der Waals surface area contributed by atoms with Gasteiger partial charge in [-0.25, -0.2) is 9.97 Å². The quantitative estimate of drug-likeness (QED) is 0.799. The number of nitrogens with one attached hydrogen (secondary N) is 1. The highest BCUT2D eigenvalue weighted by atomic mass is 32.2. The van der Waals surface area contributed by atoms with E-state index in [1.54, 1.807) is 11.8 Å². The summed E-state index contributed by atoms with van der Waals surface area (Å²) in [6.45, 7) is 4.17. The van der Waals surface area contributed by atoms with Crippen molar-refractivity contribution in [3.05, 3.63) is 29.1 Å².